The molecule has 0 unspecified atom stereocenters. The van der Waals surface area contributed by atoms with E-state index in [-0.39, 0.29) is 29.7 Å². The van der Waals surface area contributed by atoms with E-state index in [0.717, 1.165) is 4.90 Å². The Morgan fingerprint density at radius 2 is 1.79 bits per heavy atom. The maximum atomic E-state index is 14.0. The van der Waals surface area contributed by atoms with Gasteiger partial charge in [-0.3, -0.25) is 4.79 Å². The summed E-state index contributed by atoms with van der Waals surface area (Å²) < 4.78 is 41.5. The van der Waals surface area contributed by atoms with E-state index in [1.807, 2.05) is 11.2 Å². The second-order valence-corrected chi connectivity index (χ2v) is 9.17. The van der Waals surface area contributed by atoms with Gasteiger partial charge in [-0.1, -0.05) is 12.1 Å². The minimum atomic E-state index is -3.71. The summed E-state index contributed by atoms with van der Waals surface area (Å²) in [5.74, 6) is -0.574. The molecule has 1 amide bonds. The van der Waals surface area contributed by atoms with Gasteiger partial charge in [-0.2, -0.15) is 4.31 Å². The molecule has 1 aliphatic rings. The smallest absolute Gasteiger partial charge is 0.243 e. The Bertz CT molecular complexity index is 974. The van der Waals surface area contributed by atoms with Gasteiger partial charge in [0.05, 0.1) is 16.3 Å². The van der Waals surface area contributed by atoms with Crippen LogP contribution in [0.1, 0.15) is 6.92 Å². The van der Waals surface area contributed by atoms with Crippen LogP contribution in [0.15, 0.2) is 52.3 Å². The van der Waals surface area contributed by atoms with Gasteiger partial charge in [0.1, 0.15) is 5.82 Å². The lowest BCUT2D eigenvalue weighted by Crippen LogP contribution is -2.48. The van der Waals surface area contributed by atoms with Gasteiger partial charge in [0.15, 0.2) is 0 Å². The zero-order valence-corrected chi connectivity index (χ0v) is 17.3. The summed E-state index contributed by atoms with van der Waals surface area (Å²) in [6.45, 7) is 2.71. The monoisotopic (exact) mass is 423 g/mol. The van der Waals surface area contributed by atoms with E-state index >= 15 is 0 Å². The van der Waals surface area contributed by atoms with E-state index in [9.17, 15) is 17.6 Å². The number of halogens is 1. The number of para-hydroxylation sites is 1. The topological polar surface area (TPSA) is 69.7 Å². The predicted molar refractivity (Wildman–Crippen MR) is 110 cm³/mol. The van der Waals surface area contributed by atoms with Crippen molar-refractivity contribution < 1.29 is 17.6 Å². The Labute approximate surface area is 168 Å². The summed E-state index contributed by atoms with van der Waals surface area (Å²) in [5, 5.41) is 2.68. The molecule has 0 aliphatic carbocycles. The molecular formula is C19H22FN3O3S2. The number of thioether (sulfide) groups is 1. The number of nitrogens with one attached hydrogen (secondary N) is 1. The summed E-state index contributed by atoms with van der Waals surface area (Å²) in [4.78, 5) is 14.2. The van der Waals surface area contributed by atoms with Crippen LogP contribution in [0.4, 0.5) is 15.8 Å². The second kappa shape index (κ2) is 8.50. The molecule has 3 rings (SSSR count). The van der Waals surface area contributed by atoms with Crippen LogP contribution in [0.3, 0.4) is 0 Å². The number of rotatable bonds is 5. The molecule has 9 heteroatoms. The van der Waals surface area contributed by atoms with E-state index in [2.05, 4.69) is 5.32 Å². The Morgan fingerprint density at radius 1 is 1.11 bits per heavy atom. The first-order valence-electron chi connectivity index (χ1n) is 8.78. The summed E-state index contributed by atoms with van der Waals surface area (Å²) in [5.41, 5.74) is 0.961. The van der Waals surface area contributed by atoms with Gasteiger partial charge in [-0.25, -0.2) is 12.8 Å². The number of benzene rings is 2. The zero-order valence-electron chi connectivity index (χ0n) is 15.7. The number of anilines is 2. The van der Waals surface area contributed by atoms with Crippen molar-refractivity contribution in [3.8, 4) is 0 Å². The van der Waals surface area contributed by atoms with Crippen LogP contribution in [0, 0.1) is 5.82 Å². The third-order valence-electron chi connectivity index (χ3n) is 4.55. The van der Waals surface area contributed by atoms with Gasteiger partial charge in [-0.05, 0) is 36.6 Å². The second-order valence-electron chi connectivity index (χ2n) is 6.39. The molecule has 28 heavy (non-hydrogen) atoms. The molecule has 0 bridgehead atoms. The molecule has 0 saturated carbocycles. The summed E-state index contributed by atoms with van der Waals surface area (Å²) in [6.07, 6.45) is 1.86. The van der Waals surface area contributed by atoms with Gasteiger partial charge in [0, 0.05) is 38.0 Å². The average molecular weight is 424 g/mol. The van der Waals surface area contributed by atoms with Crippen LogP contribution in [0.5, 0.6) is 0 Å². The number of carbonyl (C=O) groups excluding carboxylic acids is 1. The first kappa shape index (κ1) is 20.6. The third-order valence-corrected chi connectivity index (χ3v) is 7.24. The average Bonchev–Trinajstić information content (AvgIpc) is 2.68. The predicted octanol–water partition coefficient (Wildman–Crippen LogP) is 3.02. The molecule has 2 aromatic carbocycles. The Morgan fingerprint density at radius 3 is 2.39 bits per heavy atom. The summed E-state index contributed by atoms with van der Waals surface area (Å²) >= 11 is 1.43. The summed E-state index contributed by atoms with van der Waals surface area (Å²) in [6, 6.07) is 11.2. The standard InChI is InChI=1S/C19H22FN3O3S2/c1-14(24)21-17-13-15(7-8-19(17)27-2)28(25,26)23-11-9-22(10-12-23)18-6-4-3-5-16(18)20/h3-8,13H,9-12H2,1-2H3,(H,21,24). The minimum absolute atomic E-state index is 0.133. The maximum Gasteiger partial charge on any atom is 0.243 e. The van der Waals surface area contributed by atoms with Crippen molar-refractivity contribution >= 4 is 39.1 Å². The molecule has 1 N–H and O–H groups in total. The summed E-state index contributed by atoms with van der Waals surface area (Å²) in [7, 11) is -3.71. The number of nitrogens with zero attached hydrogens (tertiary/aromatic N) is 2. The quantitative estimate of drug-likeness (QED) is 0.749. The molecule has 0 aromatic heterocycles. The van der Waals surface area contributed by atoms with Crippen molar-refractivity contribution in [3.05, 3.63) is 48.3 Å². The molecule has 0 spiro atoms. The van der Waals surface area contributed by atoms with Crippen molar-refractivity contribution in [2.75, 3.05) is 42.7 Å². The number of piperazine rings is 1. The number of carbonyl (C=O) groups is 1. The first-order chi connectivity index (χ1) is 13.3. The molecule has 1 aliphatic heterocycles. The SMILES string of the molecule is CSc1ccc(S(=O)(=O)N2CCN(c3ccccc3F)CC2)cc1NC(C)=O. The largest absolute Gasteiger partial charge is 0.367 e. The molecule has 1 saturated heterocycles. The molecular weight excluding hydrogens is 401 g/mol. The van der Waals surface area contributed by atoms with E-state index in [1.165, 1.54) is 35.1 Å². The lowest BCUT2D eigenvalue weighted by atomic mass is 10.2. The Kier molecular flexibility index (Phi) is 6.26. The lowest BCUT2D eigenvalue weighted by molar-refractivity contribution is -0.114. The molecule has 150 valence electrons. The Hall–Kier alpha value is -2.10. The van der Waals surface area contributed by atoms with Crippen LogP contribution in [-0.2, 0) is 14.8 Å². The van der Waals surface area contributed by atoms with Crippen LogP contribution in [-0.4, -0.2) is 51.1 Å². The van der Waals surface area contributed by atoms with Crippen LogP contribution in [0.2, 0.25) is 0 Å². The number of amides is 1. The highest BCUT2D eigenvalue weighted by atomic mass is 32.2. The van der Waals surface area contributed by atoms with Crippen LogP contribution >= 0.6 is 11.8 Å². The van der Waals surface area contributed by atoms with Crippen molar-refractivity contribution in [1.29, 1.82) is 0 Å². The number of hydrogen-bond acceptors (Lipinski definition) is 5. The lowest BCUT2D eigenvalue weighted by Gasteiger charge is -2.35. The normalized spacial score (nSPS) is 15.5. The zero-order chi connectivity index (χ0) is 20.3. The molecule has 0 atom stereocenters. The highest BCUT2D eigenvalue weighted by molar-refractivity contribution is 7.98. The fourth-order valence-corrected chi connectivity index (χ4v) is 5.14. The maximum absolute atomic E-state index is 14.0. The van der Waals surface area contributed by atoms with Crippen molar-refractivity contribution in [2.24, 2.45) is 0 Å². The fraction of sp³-hybridized carbons (Fsp3) is 0.316. The van der Waals surface area contributed by atoms with Crippen LogP contribution < -0.4 is 10.2 Å². The van der Waals surface area contributed by atoms with E-state index < -0.39 is 10.0 Å². The van der Waals surface area contributed by atoms with Gasteiger partial charge in [0.2, 0.25) is 15.9 Å². The highest BCUT2D eigenvalue weighted by Gasteiger charge is 2.29. The van der Waals surface area contributed by atoms with E-state index in [1.54, 1.807) is 30.3 Å². The molecule has 6 nitrogen and oxygen atoms in total. The van der Waals surface area contributed by atoms with Crippen LogP contribution in [0.25, 0.3) is 0 Å². The van der Waals surface area contributed by atoms with Crippen molar-refractivity contribution in [3.63, 3.8) is 0 Å². The minimum Gasteiger partial charge on any atom is -0.367 e. The molecule has 1 heterocycles. The van der Waals surface area contributed by atoms with Gasteiger partial charge in [-0.15, -0.1) is 11.8 Å². The highest BCUT2D eigenvalue weighted by Crippen LogP contribution is 2.30. The number of sulfonamides is 1. The first-order valence-corrected chi connectivity index (χ1v) is 11.4. The van der Waals surface area contributed by atoms with Crippen molar-refractivity contribution in [1.82, 2.24) is 4.31 Å². The van der Waals surface area contributed by atoms with Gasteiger partial charge in [0.25, 0.3) is 0 Å². The molecule has 0 radical (unpaired) electrons. The fourth-order valence-electron chi connectivity index (χ4n) is 3.16. The Balaban J connectivity index is 1.79. The van der Waals surface area contributed by atoms with Gasteiger partial charge >= 0.3 is 0 Å². The van der Waals surface area contributed by atoms with E-state index in [4.69, 9.17) is 0 Å². The molecule has 2 aromatic rings. The number of hydrogen-bond donors (Lipinski definition) is 1. The van der Waals surface area contributed by atoms with Crippen molar-refractivity contribution in [2.45, 2.75) is 16.7 Å². The molecule has 1 fully saturated rings. The van der Waals surface area contributed by atoms with Gasteiger partial charge < -0.3 is 10.2 Å². The van der Waals surface area contributed by atoms with E-state index in [0.29, 0.717) is 24.5 Å². The third kappa shape index (κ3) is 4.31.